The van der Waals surface area contributed by atoms with E-state index in [0.29, 0.717) is 12.1 Å². The first-order chi connectivity index (χ1) is 8.56. The summed E-state index contributed by atoms with van der Waals surface area (Å²) in [6.45, 7) is 8.53. The molecule has 2 nitrogen and oxygen atoms in total. The van der Waals surface area contributed by atoms with Crippen LogP contribution in [0.1, 0.15) is 32.3 Å². The van der Waals surface area contributed by atoms with Crippen LogP contribution in [0, 0.1) is 12.7 Å². The Labute approximate surface area is 109 Å². The Hall–Kier alpha value is -1.09. The summed E-state index contributed by atoms with van der Waals surface area (Å²) in [6, 6.07) is 6.19. The number of nitrogens with one attached hydrogen (secondary N) is 1. The van der Waals surface area contributed by atoms with Crippen molar-refractivity contribution in [3.8, 4) is 0 Å². The average Bonchev–Trinajstić information content (AvgIpc) is 2.28. The molecule has 1 saturated heterocycles. The molecule has 1 heterocycles. The van der Waals surface area contributed by atoms with Crippen LogP contribution in [0.3, 0.4) is 0 Å². The molecule has 1 aliphatic heterocycles. The van der Waals surface area contributed by atoms with Crippen molar-refractivity contribution in [2.45, 2.75) is 45.7 Å². The molecule has 2 atom stereocenters. The van der Waals surface area contributed by atoms with Gasteiger partial charge in [-0.3, -0.25) is 0 Å². The molecule has 1 aromatic carbocycles. The zero-order valence-electron chi connectivity index (χ0n) is 11.5. The highest BCUT2D eigenvalue weighted by atomic mass is 19.1. The summed E-state index contributed by atoms with van der Waals surface area (Å²) in [5.74, 6) is -0.147. The van der Waals surface area contributed by atoms with E-state index in [1.807, 2.05) is 13.0 Å². The van der Waals surface area contributed by atoms with Crippen LogP contribution in [0.15, 0.2) is 18.2 Å². The number of nitrogens with zero attached hydrogens (tertiary/aromatic N) is 1. The minimum Gasteiger partial charge on any atom is -0.371 e. The van der Waals surface area contributed by atoms with Crippen molar-refractivity contribution in [3.05, 3.63) is 29.6 Å². The molecular formula is C15H23FN2. The maximum Gasteiger partial charge on any atom is 0.123 e. The van der Waals surface area contributed by atoms with E-state index in [2.05, 4.69) is 24.1 Å². The molecule has 1 fully saturated rings. The van der Waals surface area contributed by atoms with Gasteiger partial charge in [-0.05, 0) is 57.4 Å². The van der Waals surface area contributed by atoms with Gasteiger partial charge in [0.1, 0.15) is 5.82 Å². The second-order valence-corrected chi connectivity index (χ2v) is 5.46. The predicted octanol–water partition coefficient (Wildman–Crippen LogP) is 3.10. The van der Waals surface area contributed by atoms with E-state index in [-0.39, 0.29) is 5.82 Å². The molecule has 1 aliphatic rings. The zero-order valence-corrected chi connectivity index (χ0v) is 11.5. The van der Waals surface area contributed by atoms with Crippen LogP contribution in [0.25, 0.3) is 0 Å². The van der Waals surface area contributed by atoms with Crippen LogP contribution in [-0.2, 0) is 0 Å². The highest BCUT2D eigenvalue weighted by Crippen LogP contribution is 2.22. The van der Waals surface area contributed by atoms with Gasteiger partial charge in [-0.1, -0.05) is 0 Å². The fourth-order valence-corrected chi connectivity index (χ4v) is 2.68. The maximum absolute atomic E-state index is 13.2. The number of halogens is 1. The fourth-order valence-electron chi connectivity index (χ4n) is 2.68. The molecule has 0 aliphatic carbocycles. The quantitative estimate of drug-likeness (QED) is 0.824. The molecule has 18 heavy (non-hydrogen) atoms. The summed E-state index contributed by atoms with van der Waals surface area (Å²) in [5.41, 5.74) is 2.21. The van der Waals surface area contributed by atoms with E-state index >= 15 is 0 Å². The van der Waals surface area contributed by atoms with E-state index in [1.165, 1.54) is 5.69 Å². The number of rotatable bonds is 1. The first-order valence-electron chi connectivity index (χ1n) is 6.83. The third kappa shape index (κ3) is 3.22. The van der Waals surface area contributed by atoms with Crippen molar-refractivity contribution in [1.82, 2.24) is 5.32 Å². The summed E-state index contributed by atoms with van der Waals surface area (Å²) in [6.07, 6.45) is 2.25. The van der Waals surface area contributed by atoms with Crippen LogP contribution in [-0.4, -0.2) is 25.2 Å². The van der Waals surface area contributed by atoms with Gasteiger partial charge in [0.15, 0.2) is 0 Å². The van der Waals surface area contributed by atoms with Crippen LogP contribution >= 0.6 is 0 Å². The summed E-state index contributed by atoms with van der Waals surface area (Å²) in [4.78, 5) is 2.39. The largest absolute Gasteiger partial charge is 0.371 e. The second kappa shape index (κ2) is 5.70. The first-order valence-corrected chi connectivity index (χ1v) is 6.83. The second-order valence-electron chi connectivity index (χ2n) is 5.46. The van der Waals surface area contributed by atoms with Crippen molar-refractivity contribution in [1.29, 1.82) is 0 Å². The Morgan fingerprint density at radius 1 is 1.17 bits per heavy atom. The van der Waals surface area contributed by atoms with Crippen molar-refractivity contribution >= 4 is 5.69 Å². The number of benzene rings is 1. The molecule has 0 radical (unpaired) electrons. The number of anilines is 1. The Morgan fingerprint density at radius 2 is 1.78 bits per heavy atom. The van der Waals surface area contributed by atoms with Gasteiger partial charge < -0.3 is 10.2 Å². The maximum atomic E-state index is 13.2. The fraction of sp³-hybridized carbons (Fsp3) is 0.600. The molecule has 0 spiro atoms. The molecule has 1 aromatic rings. The Bertz CT molecular complexity index is 393. The van der Waals surface area contributed by atoms with Crippen molar-refractivity contribution < 1.29 is 4.39 Å². The van der Waals surface area contributed by atoms with Gasteiger partial charge in [-0.15, -0.1) is 0 Å². The molecular weight excluding hydrogens is 227 g/mol. The minimum atomic E-state index is -0.147. The van der Waals surface area contributed by atoms with E-state index < -0.39 is 0 Å². The van der Waals surface area contributed by atoms with Crippen LogP contribution in [0.5, 0.6) is 0 Å². The first kappa shape index (κ1) is 13.3. The monoisotopic (exact) mass is 250 g/mol. The van der Waals surface area contributed by atoms with Gasteiger partial charge in [0.25, 0.3) is 0 Å². The molecule has 0 amide bonds. The molecule has 0 bridgehead atoms. The topological polar surface area (TPSA) is 15.3 Å². The number of aryl methyl sites for hydroxylation is 1. The predicted molar refractivity (Wildman–Crippen MR) is 74.6 cm³/mol. The SMILES string of the molecule is Cc1cc(F)ccc1N1CCC(C)NC(C)CC1. The number of hydrogen-bond donors (Lipinski definition) is 1. The van der Waals surface area contributed by atoms with Crippen LogP contribution in [0.2, 0.25) is 0 Å². The molecule has 0 aromatic heterocycles. The standard InChI is InChI=1S/C15H23FN2/c1-11-10-14(16)4-5-15(11)18-8-6-12(2)17-13(3)7-9-18/h4-5,10,12-13,17H,6-9H2,1-3H3. The lowest BCUT2D eigenvalue weighted by Gasteiger charge is -2.33. The average molecular weight is 250 g/mol. The van der Waals surface area contributed by atoms with E-state index in [4.69, 9.17) is 0 Å². The van der Waals surface area contributed by atoms with E-state index in [0.717, 1.165) is 31.5 Å². The van der Waals surface area contributed by atoms with Gasteiger partial charge >= 0.3 is 0 Å². The molecule has 100 valence electrons. The third-order valence-electron chi connectivity index (χ3n) is 3.73. The van der Waals surface area contributed by atoms with Crippen molar-refractivity contribution in [2.24, 2.45) is 0 Å². The highest BCUT2D eigenvalue weighted by molar-refractivity contribution is 5.53. The molecule has 0 saturated carbocycles. The van der Waals surface area contributed by atoms with Gasteiger partial charge in [0.05, 0.1) is 0 Å². The van der Waals surface area contributed by atoms with Gasteiger partial charge in [0.2, 0.25) is 0 Å². The summed E-state index contributed by atoms with van der Waals surface area (Å²) < 4.78 is 13.2. The Kier molecular flexibility index (Phi) is 4.23. The Balaban J connectivity index is 2.15. The van der Waals surface area contributed by atoms with Crippen molar-refractivity contribution in [3.63, 3.8) is 0 Å². The van der Waals surface area contributed by atoms with E-state index in [9.17, 15) is 4.39 Å². The van der Waals surface area contributed by atoms with Crippen molar-refractivity contribution in [2.75, 3.05) is 18.0 Å². The normalized spacial score (nSPS) is 25.7. The van der Waals surface area contributed by atoms with Crippen LogP contribution in [0.4, 0.5) is 10.1 Å². The summed E-state index contributed by atoms with van der Waals surface area (Å²) >= 11 is 0. The third-order valence-corrected chi connectivity index (χ3v) is 3.73. The van der Waals surface area contributed by atoms with Gasteiger partial charge in [-0.25, -0.2) is 4.39 Å². The summed E-state index contributed by atoms with van der Waals surface area (Å²) in [5, 5.41) is 3.59. The Morgan fingerprint density at radius 3 is 2.33 bits per heavy atom. The lowest BCUT2D eigenvalue weighted by molar-refractivity contribution is 0.404. The molecule has 3 heteroatoms. The van der Waals surface area contributed by atoms with Crippen LogP contribution < -0.4 is 10.2 Å². The number of hydrogen-bond acceptors (Lipinski definition) is 2. The minimum absolute atomic E-state index is 0.147. The lowest BCUT2D eigenvalue weighted by atomic mass is 10.1. The summed E-state index contributed by atoms with van der Waals surface area (Å²) in [7, 11) is 0. The highest BCUT2D eigenvalue weighted by Gasteiger charge is 2.17. The lowest BCUT2D eigenvalue weighted by Crippen LogP contribution is -2.43. The molecule has 2 rings (SSSR count). The smallest absolute Gasteiger partial charge is 0.123 e. The van der Waals surface area contributed by atoms with Gasteiger partial charge in [-0.2, -0.15) is 0 Å². The van der Waals surface area contributed by atoms with Gasteiger partial charge in [0, 0.05) is 30.9 Å². The zero-order chi connectivity index (χ0) is 13.1. The molecule has 2 unspecified atom stereocenters. The molecule has 1 N–H and O–H groups in total. The van der Waals surface area contributed by atoms with E-state index in [1.54, 1.807) is 12.1 Å².